The van der Waals surface area contributed by atoms with Gasteiger partial charge < -0.3 is 15.7 Å². The van der Waals surface area contributed by atoms with Crippen LogP contribution in [0.2, 0.25) is 0 Å². The van der Waals surface area contributed by atoms with Crippen molar-refractivity contribution in [2.45, 2.75) is 45.6 Å². The second kappa shape index (κ2) is 6.16. The zero-order chi connectivity index (χ0) is 14.7. The van der Waals surface area contributed by atoms with E-state index in [9.17, 15) is 4.79 Å². The zero-order valence-corrected chi connectivity index (χ0v) is 12.3. The van der Waals surface area contributed by atoms with Gasteiger partial charge in [-0.3, -0.25) is 0 Å². The number of carbonyl (C=O) groups is 1. The van der Waals surface area contributed by atoms with E-state index in [0.29, 0.717) is 11.7 Å². The maximum Gasteiger partial charge on any atom is 0.335 e. The standard InChI is InChI=1S/C16H24N2O2/c1-3-18(13-7-4-11(2)5-8-13)15-9-6-12(16(19)20)10-14(15)17/h6,9-11,13H,3-5,7-8,17H2,1-2H3,(H,19,20). The second-order valence-corrected chi connectivity index (χ2v) is 5.78. The predicted octanol–water partition coefficient (Wildman–Crippen LogP) is 3.37. The first-order valence-corrected chi connectivity index (χ1v) is 7.42. The molecule has 0 bridgehead atoms. The molecule has 0 radical (unpaired) electrons. The van der Waals surface area contributed by atoms with E-state index in [2.05, 4.69) is 18.7 Å². The molecule has 0 heterocycles. The highest BCUT2D eigenvalue weighted by Gasteiger charge is 2.24. The highest BCUT2D eigenvalue weighted by molar-refractivity contribution is 5.90. The fourth-order valence-corrected chi connectivity index (χ4v) is 3.13. The fourth-order valence-electron chi connectivity index (χ4n) is 3.13. The van der Waals surface area contributed by atoms with Crippen molar-refractivity contribution in [1.82, 2.24) is 0 Å². The molecule has 1 fully saturated rings. The SMILES string of the molecule is CCN(c1ccc(C(=O)O)cc1N)C1CCC(C)CC1. The number of aromatic carboxylic acids is 1. The highest BCUT2D eigenvalue weighted by Crippen LogP contribution is 2.33. The molecule has 0 atom stereocenters. The Kier molecular flexibility index (Phi) is 4.53. The number of rotatable bonds is 4. The van der Waals surface area contributed by atoms with E-state index in [-0.39, 0.29) is 5.56 Å². The minimum Gasteiger partial charge on any atom is -0.478 e. The van der Waals surface area contributed by atoms with Crippen molar-refractivity contribution < 1.29 is 9.90 Å². The van der Waals surface area contributed by atoms with Crippen LogP contribution in [0.15, 0.2) is 18.2 Å². The number of anilines is 2. The summed E-state index contributed by atoms with van der Waals surface area (Å²) in [5.74, 6) is -0.116. The van der Waals surface area contributed by atoms with Crippen LogP contribution in [0, 0.1) is 5.92 Å². The summed E-state index contributed by atoms with van der Waals surface area (Å²) in [7, 11) is 0. The number of nitrogens with zero attached hydrogens (tertiary/aromatic N) is 1. The first-order valence-electron chi connectivity index (χ1n) is 7.42. The lowest BCUT2D eigenvalue weighted by atomic mass is 9.86. The van der Waals surface area contributed by atoms with Crippen LogP contribution in [0.3, 0.4) is 0 Å². The first-order chi connectivity index (χ1) is 9.52. The molecule has 1 saturated carbocycles. The monoisotopic (exact) mass is 276 g/mol. The Hall–Kier alpha value is -1.71. The maximum atomic E-state index is 11.0. The van der Waals surface area contributed by atoms with Crippen LogP contribution in [0.5, 0.6) is 0 Å². The molecule has 4 nitrogen and oxygen atoms in total. The van der Waals surface area contributed by atoms with Crippen LogP contribution < -0.4 is 10.6 Å². The van der Waals surface area contributed by atoms with Gasteiger partial charge in [-0.15, -0.1) is 0 Å². The van der Waals surface area contributed by atoms with Gasteiger partial charge in [-0.25, -0.2) is 4.79 Å². The average Bonchev–Trinajstić information content (AvgIpc) is 2.43. The van der Waals surface area contributed by atoms with Gasteiger partial charge in [0.1, 0.15) is 0 Å². The molecule has 0 spiro atoms. The Morgan fingerprint density at radius 1 is 1.35 bits per heavy atom. The summed E-state index contributed by atoms with van der Waals surface area (Å²) in [5.41, 5.74) is 7.84. The minimum atomic E-state index is -0.933. The quantitative estimate of drug-likeness (QED) is 0.827. The van der Waals surface area contributed by atoms with Crippen molar-refractivity contribution in [3.8, 4) is 0 Å². The largest absolute Gasteiger partial charge is 0.478 e. The third kappa shape index (κ3) is 3.06. The van der Waals surface area contributed by atoms with Gasteiger partial charge in [0, 0.05) is 12.6 Å². The van der Waals surface area contributed by atoms with Crippen molar-refractivity contribution in [2.75, 3.05) is 17.2 Å². The van der Waals surface area contributed by atoms with Gasteiger partial charge in [0.15, 0.2) is 0 Å². The van der Waals surface area contributed by atoms with E-state index in [1.165, 1.54) is 25.7 Å². The summed E-state index contributed by atoms with van der Waals surface area (Å²) in [6.45, 7) is 5.33. The fraction of sp³-hybridized carbons (Fsp3) is 0.562. The Morgan fingerprint density at radius 2 is 2.00 bits per heavy atom. The molecular weight excluding hydrogens is 252 g/mol. The molecule has 1 aliphatic rings. The Labute approximate surface area is 120 Å². The Balaban J connectivity index is 2.21. The van der Waals surface area contributed by atoms with E-state index in [1.807, 2.05) is 6.07 Å². The summed E-state index contributed by atoms with van der Waals surface area (Å²) >= 11 is 0. The third-order valence-corrected chi connectivity index (χ3v) is 4.35. The van der Waals surface area contributed by atoms with Gasteiger partial charge in [0.25, 0.3) is 0 Å². The molecule has 0 aliphatic heterocycles. The van der Waals surface area contributed by atoms with Gasteiger partial charge in [-0.1, -0.05) is 6.92 Å². The Bertz CT molecular complexity index is 479. The lowest BCUT2D eigenvalue weighted by Gasteiger charge is -2.37. The number of carboxylic acids is 1. The molecule has 1 aromatic carbocycles. The Morgan fingerprint density at radius 3 is 2.50 bits per heavy atom. The third-order valence-electron chi connectivity index (χ3n) is 4.35. The van der Waals surface area contributed by atoms with Crippen LogP contribution in [-0.4, -0.2) is 23.7 Å². The topological polar surface area (TPSA) is 66.6 Å². The summed E-state index contributed by atoms with van der Waals surface area (Å²) in [5, 5.41) is 9.00. The lowest BCUT2D eigenvalue weighted by molar-refractivity contribution is 0.0697. The number of hydrogen-bond donors (Lipinski definition) is 2. The van der Waals surface area contributed by atoms with E-state index in [4.69, 9.17) is 10.8 Å². The normalized spacial score (nSPS) is 22.5. The maximum absolute atomic E-state index is 11.0. The van der Waals surface area contributed by atoms with Crippen LogP contribution in [0.4, 0.5) is 11.4 Å². The number of nitrogens with two attached hydrogens (primary N) is 1. The molecule has 0 unspecified atom stereocenters. The summed E-state index contributed by atoms with van der Waals surface area (Å²) in [4.78, 5) is 13.3. The summed E-state index contributed by atoms with van der Waals surface area (Å²) in [6, 6.07) is 5.57. The predicted molar refractivity (Wildman–Crippen MR) is 82.3 cm³/mol. The van der Waals surface area contributed by atoms with Crippen LogP contribution in [-0.2, 0) is 0 Å². The molecular formula is C16H24N2O2. The van der Waals surface area contributed by atoms with Gasteiger partial charge in [-0.2, -0.15) is 0 Å². The zero-order valence-electron chi connectivity index (χ0n) is 12.3. The van der Waals surface area contributed by atoms with Crippen molar-refractivity contribution in [3.05, 3.63) is 23.8 Å². The molecule has 2 rings (SSSR count). The van der Waals surface area contributed by atoms with Gasteiger partial charge in [-0.05, 0) is 56.7 Å². The van der Waals surface area contributed by atoms with Gasteiger partial charge >= 0.3 is 5.97 Å². The van der Waals surface area contributed by atoms with Crippen LogP contribution in [0.1, 0.15) is 49.9 Å². The van der Waals surface area contributed by atoms with Crippen LogP contribution >= 0.6 is 0 Å². The molecule has 1 aliphatic carbocycles. The van der Waals surface area contributed by atoms with E-state index in [1.54, 1.807) is 12.1 Å². The number of hydrogen-bond acceptors (Lipinski definition) is 3. The number of nitrogen functional groups attached to an aromatic ring is 1. The highest BCUT2D eigenvalue weighted by atomic mass is 16.4. The van der Waals surface area contributed by atoms with Crippen molar-refractivity contribution in [2.24, 2.45) is 5.92 Å². The van der Waals surface area contributed by atoms with Gasteiger partial charge in [0.05, 0.1) is 16.9 Å². The molecule has 0 amide bonds. The number of benzene rings is 1. The lowest BCUT2D eigenvalue weighted by Crippen LogP contribution is -2.38. The van der Waals surface area contributed by atoms with Crippen molar-refractivity contribution in [3.63, 3.8) is 0 Å². The molecule has 0 aromatic heterocycles. The molecule has 110 valence electrons. The van der Waals surface area contributed by atoms with Crippen molar-refractivity contribution >= 4 is 17.3 Å². The van der Waals surface area contributed by atoms with E-state index >= 15 is 0 Å². The van der Waals surface area contributed by atoms with E-state index < -0.39 is 5.97 Å². The molecule has 4 heteroatoms. The number of carboxylic acid groups (broad SMARTS) is 1. The minimum absolute atomic E-state index is 0.250. The smallest absolute Gasteiger partial charge is 0.335 e. The molecule has 20 heavy (non-hydrogen) atoms. The average molecular weight is 276 g/mol. The first kappa shape index (κ1) is 14.7. The molecule has 3 N–H and O–H groups in total. The van der Waals surface area contributed by atoms with E-state index in [0.717, 1.165) is 18.2 Å². The summed E-state index contributed by atoms with van der Waals surface area (Å²) in [6.07, 6.45) is 4.90. The second-order valence-electron chi connectivity index (χ2n) is 5.78. The van der Waals surface area contributed by atoms with Crippen molar-refractivity contribution in [1.29, 1.82) is 0 Å². The molecule has 1 aromatic rings. The van der Waals surface area contributed by atoms with Gasteiger partial charge in [0.2, 0.25) is 0 Å². The molecule has 0 saturated heterocycles. The van der Waals surface area contributed by atoms with Crippen LogP contribution in [0.25, 0.3) is 0 Å². The summed E-state index contributed by atoms with van der Waals surface area (Å²) < 4.78 is 0.